The topological polar surface area (TPSA) is 114 Å². The van der Waals surface area contributed by atoms with Crippen molar-refractivity contribution in [2.24, 2.45) is 0 Å². The van der Waals surface area contributed by atoms with Crippen LogP contribution in [0.3, 0.4) is 0 Å². The molecule has 0 heterocycles. The number of aryl methyl sites for hydroxylation is 4. The summed E-state index contributed by atoms with van der Waals surface area (Å²) in [5, 5.41) is 3.12. The van der Waals surface area contributed by atoms with Gasteiger partial charge in [-0.15, -0.1) is 0 Å². The summed E-state index contributed by atoms with van der Waals surface area (Å²) in [6, 6.07) is 18.4. The molecule has 0 fully saturated rings. The fourth-order valence-corrected chi connectivity index (χ4v) is 14.4. The van der Waals surface area contributed by atoms with Crippen LogP contribution in [0.2, 0.25) is 0 Å². The molecule has 9 heteroatoms. The van der Waals surface area contributed by atoms with Crippen molar-refractivity contribution in [2.75, 3.05) is 0 Å². The summed E-state index contributed by atoms with van der Waals surface area (Å²) >= 11 is 0. The largest absolute Gasteiger partial charge is 2.00 e. The molecule has 0 atom stereocenters. The molecule has 0 saturated carbocycles. The molecule has 0 saturated heterocycles. The van der Waals surface area contributed by atoms with E-state index in [4.69, 9.17) is 0 Å². The Hall–Kier alpha value is -1.21. The van der Waals surface area contributed by atoms with E-state index in [9.17, 15) is 25.9 Å². The fourth-order valence-electron chi connectivity index (χ4n) is 13.0. The fraction of sp³-hybridized carbons (Fsp3) is 0.737. The van der Waals surface area contributed by atoms with E-state index in [2.05, 4.69) is 39.8 Å². The van der Waals surface area contributed by atoms with Crippen LogP contribution >= 0.6 is 0 Å². The average Bonchev–Trinajstić information content (AvgIpc) is 1.41. The Morgan fingerprint density at radius 3 is 0.659 bits per heavy atom. The van der Waals surface area contributed by atoms with Crippen LogP contribution in [0.4, 0.5) is 0 Å². The van der Waals surface area contributed by atoms with Gasteiger partial charge in [-0.2, -0.15) is 0 Å². The van der Waals surface area contributed by atoms with E-state index < -0.39 is 20.2 Å². The van der Waals surface area contributed by atoms with Gasteiger partial charge in [0.2, 0.25) is 0 Å². The molecular formula is C76H126BaO6S2. The van der Waals surface area contributed by atoms with E-state index in [1.54, 1.807) is 12.1 Å². The Balaban J connectivity index is 0.000000573. The van der Waals surface area contributed by atoms with E-state index in [0.717, 1.165) is 49.3 Å². The third-order valence-corrected chi connectivity index (χ3v) is 19.9. The standard InChI is InChI=1S/2C38H64O3S.Ba/c2*1-3-5-7-9-11-13-15-17-19-21-23-25-28-34-32-33-37-36(30-27-31-38(37)42(39,40)41)35(34)29-26-24-22-20-18-16-14-12-10-8-6-4-2;/h2*27,30-33H,3-26,28-29H2,1-2H3,(H,39,40,41);/q;;+2/p-2. The van der Waals surface area contributed by atoms with E-state index in [-0.39, 0.29) is 58.7 Å². The van der Waals surface area contributed by atoms with Crippen molar-refractivity contribution in [1.82, 2.24) is 0 Å². The monoisotopic (exact) mass is 1340 g/mol. The van der Waals surface area contributed by atoms with Gasteiger partial charge in [0.15, 0.2) is 0 Å². The second-order valence-corrected chi connectivity index (χ2v) is 28.3. The van der Waals surface area contributed by atoms with Gasteiger partial charge in [-0.25, -0.2) is 16.8 Å². The van der Waals surface area contributed by atoms with Crippen molar-refractivity contribution in [1.29, 1.82) is 0 Å². The maximum absolute atomic E-state index is 12.0. The van der Waals surface area contributed by atoms with Crippen LogP contribution in [0, 0.1) is 0 Å². The minimum atomic E-state index is -4.50. The molecule has 0 aliphatic rings. The first-order valence-corrected chi connectivity index (χ1v) is 38.8. The summed E-state index contributed by atoms with van der Waals surface area (Å²) in [7, 11) is -8.99. The van der Waals surface area contributed by atoms with Crippen molar-refractivity contribution in [3.63, 3.8) is 0 Å². The Morgan fingerprint density at radius 2 is 0.447 bits per heavy atom. The van der Waals surface area contributed by atoms with Crippen molar-refractivity contribution >= 4 is 90.7 Å². The SMILES string of the molecule is CCCCCCCCCCCCCCc1ccc2c(S(=O)(=O)[O-])cccc2c1CCCCCCCCCCCCCC.CCCCCCCCCCCCCCc1ccc2c(S(=O)(=O)[O-])cccc2c1CCCCCCCCCCCCCC.[Ba+2]. The third kappa shape index (κ3) is 37.0. The van der Waals surface area contributed by atoms with Crippen LogP contribution in [0.1, 0.15) is 358 Å². The summed E-state index contributed by atoms with van der Waals surface area (Å²) in [6.07, 6.45) is 68.0. The van der Waals surface area contributed by atoms with E-state index in [1.165, 1.54) is 330 Å². The second-order valence-electron chi connectivity index (χ2n) is 25.6. The summed E-state index contributed by atoms with van der Waals surface area (Å²) in [5.41, 5.74) is 5.23. The normalized spacial score (nSPS) is 11.8. The number of hydrogen-bond donors (Lipinski definition) is 0. The average molecular weight is 1340 g/mol. The van der Waals surface area contributed by atoms with Crippen LogP contribution in [-0.4, -0.2) is 74.8 Å². The van der Waals surface area contributed by atoms with Gasteiger partial charge in [0.1, 0.15) is 20.2 Å². The summed E-state index contributed by atoms with van der Waals surface area (Å²) in [4.78, 5) is -0.152. The summed E-state index contributed by atoms with van der Waals surface area (Å²) in [6.45, 7) is 9.10. The first-order valence-electron chi connectivity index (χ1n) is 36.0. The van der Waals surface area contributed by atoms with Gasteiger partial charge >= 0.3 is 48.9 Å². The molecule has 480 valence electrons. The molecule has 4 aromatic rings. The van der Waals surface area contributed by atoms with E-state index in [0.29, 0.717) is 10.8 Å². The van der Waals surface area contributed by atoms with Gasteiger partial charge in [0.05, 0.1) is 9.79 Å². The van der Waals surface area contributed by atoms with Crippen molar-refractivity contribution in [3.05, 3.63) is 82.9 Å². The summed E-state index contributed by atoms with van der Waals surface area (Å²) < 4.78 is 71.7. The van der Waals surface area contributed by atoms with Crippen LogP contribution in [0.15, 0.2) is 70.5 Å². The van der Waals surface area contributed by atoms with Crippen molar-refractivity contribution in [3.8, 4) is 0 Å². The Kier molecular flexibility index (Phi) is 49.3. The van der Waals surface area contributed by atoms with Gasteiger partial charge in [0.25, 0.3) is 0 Å². The Morgan fingerprint density at radius 1 is 0.247 bits per heavy atom. The van der Waals surface area contributed by atoms with E-state index >= 15 is 0 Å². The molecule has 0 radical (unpaired) electrons. The van der Waals surface area contributed by atoms with E-state index in [1.807, 2.05) is 24.3 Å². The minimum absolute atomic E-state index is 0. The molecule has 0 N–H and O–H groups in total. The zero-order valence-corrected chi connectivity index (χ0v) is 61.6. The Bertz CT molecular complexity index is 2300. The second kappa shape index (κ2) is 52.4. The molecule has 0 aliphatic carbocycles. The quantitative estimate of drug-likeness (QED) is 0.0247. The summed E-state index contributed by atoms with van der Waals surface area (Å²) in [5.74, 6) is 0. The van der Waals surface area contributed by atoms with Gasteiger partial charge in [-0.3, -0.25) is 0 Å². The molecule has 6 nitrogen and oxygen atoms in total. The molecule has 85 heavy (non-hydrogen) atoms. The van der Waals surface area contributed by atoms with Crippen molar-refractivity contribution in [2.45, 2.75) is 371 Å². The number of rotatable bonds is 54. The van der Waals surface area contributed by atoms with Crippen LogP contribution in [0.25, 0.3) is 21.5 Å². The van der Waals surface area contributed by atoms with Crippen LogP contribution in [-0.2, 0) is 45.9 Å². The molecule has 0 spiro atoms. The number of unbranched alkanes of at least 4 members (excludes halogenated alkanes) is 44. The van der Waals surface area contributed by atoms with Crippen LogP contribution < -0.4 is 0 Å². The molecule has 0 bridgehead atoms. The third-order valence-electron chi connectivity index (χ3n) is 18.2. The predicted octanol–water partition coefficient (Wildman–Crippen LogP) is 24.1. The molecular weight excluding hydrogens is 1210 g/mol. The molecule has 0 aromatic heterocycles. The van der Waals surface area contributed by atoms with Gasteiger partial charge in [-0.05, 0) is 107 Å². The maximum atomic E-state index is 12.0. The Labute approximate surface area is 565 Å². The maximum Gasteiger partial charge on any atom is 2.00 e. The zero-order chi connectivity index (χ0) is 60.6. The number of hydrogen-bond acceptors (Lipinski definition) is 6. The minimum Gasteiger partial charge on any atom is -0.744 e. The first kappa shape index (κ1) is 79.9. The van der Waals surface area contributed by atoms with Crippen molar-refractivity contribution < 1.29 is 25.9 Å². The number of benzene rings is 4. The zero-order valence-electron chi connectivity index (χ0n) is 55.5. The molecule has 4 rings (SSSR count). The number of fused-ring (bicyclic) bond motifs is 2. The van der Waals surface area contributed by atoms with Gasteiger partial charge in [0, 0.05) is 0 Å². The molecule has 4 aromatic carbocycles. The first-order chi connectivity index (χ1) is 41.0. The van der Waals surface area contributed by atoms with Gasteiger partial charge < -0.3 is 9.11 Å². The van der Waals surface area contributed by atoms with Gasteiger partial charge in [-0.1, -0.05) is 359 Å². The predicted molar refractivity (Wildman–Crippen MR) is 369 cm³/mol. The smallest absolute Gasteiger partial charge is 0.744 e. The molecule has 0 amide bonds. The molecule has 0 unspecified atom stereocenters. The van der Waals surface area contributed by atoms with Crippen LogP contribution in [0.5, 0.6) is 0 Å². The molecule has 0 aliphatic heterocycles.